The lowest BCUT2D eigenvalue weighted by Crippen LogP contribution is -2.43. The minimum atomic E-state index is -0.153. The van der Waals surface area contributed by atoms with Gasteiger partial charge in [-0.1, -0.05) is 32.0 Å². The first kappa shape index (κ1) is 19.3. The first-order valence-electron chi connectivity index (χ1n) is 10.3. The Morgan fingerprint density at radius 1 is 0.966 bits per heavy atom. The predicted molar refractivity (Wildman–Crippen MR) is 118 cm³/mol. The molecule has 5 heteroatoms. The van der Waals surface area contributed by atoms with Gasteiger partial charge in [-0.15, -0.1) is 0 Å². The SMILES string of the molecule is CC.Cc1ncnc2c1cc(-c1ccccn1)n2-c1ccc(C2(N)CCC2)cc1. The van der Waals surface area contributed by atoms with E-state index in [-0.39, 0.29) is 5.54 Å². The number of benzene rings is 1. The maximum absolute atomic E-state index is 6.49. The van der Waals surface area contributed by atoms with Gasteiger partial charge in [0.1, 0.15) is 12.0 Å². The molecule has 1 fully saturated rings. The molecule has 0 aliphatic heterocycles. The summed E-state index contributed by atoms with van der Waals surface area (Å²) in [6, 6.07) is 16.6. The van der Waals surface area contributed by atoms with Crippen LogP contribution in [0, 0.1) is 6.92 Å². The van der Waals surface area contributed by atoms with Crippen LogP contribution in [0.1, 0.15) is 44.4 Å². The van der Waals surface area contributed by atoms with E-state index >= 15 is 0 Å². The van der Waals surface area contributed by atoms with Crippen molar-refractivity contribution in [1.82, 2.24) is 19.5 Å². The van der Waals surface area contributed by atoms with E-state index in [0.29, 0.717) is 0 Å². The molecule has 0 amide bonds. The van der Waals surface area contributed by atoms with Crippen molar-refractivity contribution in [1.29, 1.82) is 0 Å². The number of nitrogens with two attached hydrogens (primary N) is 1. The Bertz CT molecular complexity index is 1110. The predicted octanol–water partition coefficient (Wildman–Crippen LogP) is 5.16. The van der Waals surface area contributed by atoms with Crippen LogP contribution in [-0.2, 0) is 5.54 Å². The Kier molecular flexibility index (Phi) is 5.16. The molecule has 0 atom stereocenters. The van der Waals surface area contributed by atoms with Gasteiger partial charge in [-0.25, -0.2) is 9.97 Å². The number of aryl methyl sites for hydroxylation is 1. The molecule has 1 aromatic carbocycles. The van der Waals surface area contributed by atoms with Gasteiger partial charge in [0.2, 0.25) is 0 Å². The molecule has 0 radical (unpaired) electrons. The van der Waals surface area contributed by atoms with Crippen molar-refractivity contribution in [2.24, 2.45) is 5.73 Å². The summed E-state index contributed by atoms with van der Waals surface area (Å²) in [6.45, 7) is 6.01. The molecule has 3 heterocycles. The number of hydrogen-bond donors (Lipinski definition) is 1. The van der Waals surface area contributed by atoms with Gasteiger partial charge in [-0.05, 0) is 62.1 Å². The summed E-state index contributed by atoms with van der Waals surface area (Å²) in [7, 11) is 0. The highest BCUT2D eigenvalue weighted by Crippen LogP contribution is 2.39. The van der Waals surface area contributed by atoms with Crippen LogP contribution in [0.15, 0.2) is 61.1 Å². The second-order valence-electron chi connectivity index (χ2n) is 7.33. The third-order valence-corrected chi connectivity index (χ3v) is 5.67. The number of nitrogens with zero attached hydrogens (tertiary/aromatic N) is 4. The number of pyridine rings is 1. The second-order valence-corrected chi connectivity index (χ2v) is 7.33. The molecular weight excluding hydrogens is 358 g/mol. The highest BCUT2D eigenvalue weighted by molar-refractivity contribution is 5.87. The van der Waals surface area contributed by atoms with E-state index in [1.165, 1.54) is 12.0 Å². The first-order valence-corrected chi connectivity index (χ1v) is 10.3. The monoisotopic (exact) mass is 385 g/mol. The van der Waals surface area contributed by atoms with Crippen LogP contribution < -0.4 is 5.73 Å². The van der Waals surface area contributed by atoms with E-state index in [2.05, 4.69) is 49.9 Å². The largest absolute Gasteiger partial charge is 0.321 e. The molecule has 2 N–H and O–H groups in total. The maximum Gasteiger partial charge on any atom is 0.148 e. The number of hydrogen-bond acceptors (Lipinski definition) is 4. The Morgan fingerprint density at radius 2 is 1.72 bits per heavy atom. The van der Waals surface area contributed by atoms with E-state index in [4.69, 9.17) is 5.73 Å². The van der Waals surface area contributed by atoms with Gasteiger partial charge in [0.25, 0.3) is 0 Å². The van der Waals surface area contributed by atoms with Gasteiger partial charge in [0, 0.05) is 22.8 Å². The minimum absolute atomic E-state index is 0.153. The first-order chi connectivity index (χ1) is 14.2. The molecule has 5 nitrogen and oxygen atoms in total. The maximum atomic E-state index is 6.49. The average Bonchev–Trinajstić information content (AvgIpc) is 3.15. The van der Waals surface area contributed by atoms with Crippen LogP contribution in [-0.4, -0.2) is 19.5 Å². The van der Waals surface area contributed by atoms with Crippen LogP contribution in [0.25, 0.3) is 28.1 Å². The lowest BCUT2D eigenvalue weighted by Gasteiger charge is -2.38. The van der Waals surface area contributed by atoms with E-state index in [0.717, 1.165) is 46.6 Å². The zero-order chi connectivity index (χ0) is 20.4. The third kappa shape index (κ3) is 3.32. The van der Waals surface area contributed by atoms with E-state index in [9.17, 15) is 0 Å². The average molecular weight is 386 g/mol. The smallest absolute Gasteiger partial charge is 0.148 e. The fourth-order valence-corrected chi connectivity index (χ4v) is 3.89. The summed E-state index contributed by atoms with van der Waals surface area (Å²) >= 11 is 0. The Hall–Kier alpha value is -3.05. The Labute approximate surface area is 171 Å². The third-order valence-electron chi connectivity index (χ3n) is 5.67. The van der Waals surface area contributed by atoms with Gasteiger partial charge in [0.15, 0.2) is 0 Å². The molecule has 3 aromatic heterocycles. The van der Waals surface area contributed by atoms with Crippen molar-refractivity contribution < 1.29 is 0 Å². The Morgan fingerprint density at radius 3 is 2.34 bits per heavy atom. The lowest BCUT2D eigenvalue weighted by atomic mass is 9.73. The summed E-state index contributed by atoms with van der Waals surface area (Å²) in [5, 5.41) is 1.04. The second kappa shape index (κ2) is 7.76. The highest BCUT2D eigenvalue weighted by atomic mass is 15.1. The Balaban J connectivity index is 0.000000994. The fourth-order valence-electron chi connectivity index (χ4n) is 3.89. The van der Waals surface area contributed by atoms with Gasteiger partial charge in [0.05, 0.1) is 17.1 Å². The number of fused-ring (bicyclic) bond motifs is 1. The van der Waals surface area contributed by atoms with Crippen LogP contribution in [0.4, 0.5) is 0 Å². The molecule has 1 saturated carbocycles. The van der Waals surface area contributed by atoms with Gasteiger partial charge in [-0.2, -0.15) is 0 Å². The van der Waals surface area contributed by atoms with Crippen molar-refractivity contribution in [3.8, 4) is 17.1 Å². The molecular formula is C24H27N5. The van der Waals surface area contributed by atoms with Crippen molar-refractivity contribution in [3.63, 3.8) is 0 Å². The number of aromatic nitrogens is 4. The fraction of sp³-hybridized carbons (Fsp3) is 0.292. The summed E-state index contributed by atoms with van der Waals surface area (Å²) in [5.74, 6) is 0. The van der Waals surface area contributed by atoms with E-state index in [1.807, 2.05) is 45.2 Å². The number of rotatable bonds is 3. The molecule has 4 aromatic rings. The standard InChI is InChI=1S/C22H21N5.C2H6/c1-15-18-13-20(19-5-2-3-12-24-19)27(21(18)26-14-25-15)17-8-6-16(7-9-17)22(23)10-4-11-22;1-2/h2-3,5-9,12-14H,4,10-11,23H2,1H3;1-2H3. The summed E-state index contributed by atoms with van der Waals surface area (Å²) in [6.07, 6.45) is 6.76. The molecule has 1 aliphatic rings. The molecule has 29 heavy (non-hydrogen) atoms. The van der Waals surface area contributed by atoms with Gasteiger partial charge < -0.3 is 5.73 Å². The minimum Gasteiger partial charge on any atom is -0.321 e. The quantitative estimate of drug-likeness (QED) is 0.529. The summed E-state index contributed by atoms with van der Waals surface area (Å²) < 4.78 is 2.15. The topological polar surface area (TPSA) is 69.6 Å². The molecule has 0 bridgehead atoms. The summed E-state index contributed by atoms with van der Waals surface area (Å²) in [5.41, 5.74) is 12.4. The van der Waals surface area contributed by atoms with Crippen molar-refractivity contribution in [2.75, 3.05) is 0 Å². The van der Waals surface area contributed by atoms with Gasteiger partial charge >= 0.3 is 0 Å². The summed E-state index contributed by atoms with van der Waals surface area (Å²) in [4.78, 5) is 13.5. The van der Waals surface area contributed by atoms with E-state index < -0.39 is 0 Å². The normalized spacial score (nSPS) is 14.8. The van der Waals surface area contributed by atoms with E-state index in [1.54, 1.807) is 6.33 Å². The molecule has 0 spiro atoms. The van der Waals surface area contributed by atoms with Gasteiger partial charge in [-0.3, -0.25) is 9.55 Å². The van der Waals surface area contributed by atoms with Crippen LogP contribution in [0.3, 0.4) is 0 Å². The zero-order valence-corrected chi connectivity index (χ0v) is 17.3. The van der Waals surface area contributed by atoms with Crippen molar-refractivity contribution in [3.05, 3.63) is 72.3 Å². The molecule has 0 saturated heterocycles. The highest BCUT2D eigenvalue weighted by Gasteiger charge is 2.34. The van der Waals surface area contributed by atoms with Crippen LogP contribution in [0.2, 0.25) is 0 Å². The zero-order valence-electron chi connectivity index (χ0n) is 17.3. The lowest BCUT2D eigenvalue weighted by molar-refractivity contribution is 0.253. The van der Waals surface area contributed by atoms with Crippen LogP contribution in [0.5, 0.6) is 0 Å². The van der Waals surface area contributed by atoms with Crippen LogP contribution >= 0.6 is 0 Å². The van der Waals surface area contributed by atoms with Crippen molar-refractivity contribution in [2.45, 2.75) is 45.6 Å². The molecule has 148 valence electrons. The van der Waals surface area contributed by atoms with Crippen molar-refractivity contribution >= 4 is 11.0 Å². The molecule has 1 aliphatic carbocycles. The molecule has 5 rings (SSSR count). The molecule has 0 unspecified atom stereocenters.